The molecule has 0 radical (unpaired) electrons. The van der Waals surface area contributed by atoms with Gasteiger partial charge in [-0.3, -0.25) is 9.59 Å². The summed E-state index contributed by atoms with van der Waals surface area (Å²) in [7, 11) is 1.47. The number of benzene rings is 2. The Bertz CT molecular complexity index is 573. The highest BCUT2D eigenvalue weighted by molar-refractivity contribution is 6.49. The van der Waals surface area contributed by atoms with Crippen LogP contribution in [0.1, 0.15) is 20.7 Å². The number of ether oxygens (including phenoxy) is 1. The van der Waals surface area contributed by atoms with Gasteiger partial charge in [-0.05, 0) is 12.1 Å². The molecule has 18 heavy (non-hydrogen) atoms. The van der Waals surface area contributed by atoms with Crippen molar-refractivity contribution in [2.45, 2.75) is 0 Å². The van der Waals surface area contributed by atoms with E-state index in [0.29, 0.717) is 11.3 Å². The van der Waals surface area contributed by atoms with Crippen LogP contribution in [0, 0.1) is 0 Å². The third-order valence-corrected chi connectivity index (χ3v) is 2.59. The maximum atomic E-state index is 12.1. The van der Waals surface area contributed by atoms with Crippen LogP contribution in [-0.2, 0) is 0 Å². The number of carbonyl (C=O) groups excluding carboxylic acids is 2. The highest BCUT2D eigenvalue weighted by Crippen LogP contribution is 2.19. The van der Waals surface area contributed by atoms with Crippen LogP contribution in [0.3, 0.4) is 0 Å². The fraction of sp³-hybridized carbons (Fsp3) is 0.0667. The predicted molar refractivity (Wildman–Crippen MR) is 68.1 cm³/mol. The molecular formula is C15H12O3. The van der Waals surface area contributed by atoms with Gasteiger partial charge in [-0.2, -0.15) is 0 Å². The number of rotatable bonds is 4. The highest BCUT2D eigenvalue weighted by atomic mass is 16.5. The van der Waals surface area contributed by atoms with Crippen LogP contribution in [0.4, 0.5) is 0 Å². The van der Waals surface area contributed by atoms with Crippen LogP contribution in [0.15, 0.2) is 54.6 Å². The Morgan fingerprint density at radius 2 is 1.44 bits per heavy atom. The van der Waals surface area contributed by atoms with Gasteiger partial charge in [0.2, 0.25) is 11.6 Å². The molecule has 0 aromatic heterocycles. The second-order valence-electron chi connectivity index (χ2n) is 3.72. The molecule has 0 aliphatic heterocycles. The van der Waals surface area contributed by atoms with Crippen LogP contribution in [0.5, 0.6) is 5.75 Å². The van der Waals surface area contributed by atoms with Gasteiger partial charge in [0.05, 0.1) is 12.7 Å². The largest absolute Gasteiger partial charge is 0.496 e. The smallest absolute Gasteiger partial charge is 0.237 e. The van der Waals surface area contributed by atoms with Gasteiger partial charge in [-0.15, -0.1) is 0 Å². The summed E-state index contributed by atoms with van der Waals surface area (Å²) in [6.45, 7) is 0. The maximum Gasteiger partial charge on any atom is 0.237 e. The molecule has 2 rings (SSSR count). The van der Waals surface area contributed by atoms with Crippen molar-refractivity contribution in [2.75, 3.05) is 7.11 Å². The number of methoxy groups -OCH3 is 1. The number of Topliss-reactive ketones (excluding diaryl/α,β-unsaturated/α-hetero) is 2. The normalized spacial score (nSPS) is 9.83. The van der Waals surface area contributed by atoms with E-state index in [1.165, 1.54) is 7.11 Å². The Balaban J connectivity index is 2.35. The van der Waals surface area contributed by atoms with Gasteiger partial charge >= 0.3 is 0 Å². The predicted octanol–water partition coefficient (Wildman–Crippen LogP) is 2.76. The maximum absolute atomic E-state index is 12.1. The minimum atomic E-state index is -0.557. The van der Waals surface area contributed by atoms with Crippen molar-refractivity contribution in [1.29, 1.82) is 0 Å². The van der Waals surface area contributed by atoms with Gasteiger partial charge in [0, 0.05) is 5.56 Å². The highest BCUT2D eigenvalue weighted by Gasteiger charge is 2.20. The van der Waals surface area contributed by atoms with Gasteiger partial charge in [0.15, 0.2) is 0 Å². The summed E-state index contributed by atoms with van der Waals surface area (Å²) in [5.74, 6) is -0.675. The Morgan fingerprint density at radius 1 is 0.833 bits per heavy atom. The summed E-state index contributed by atoms with van der Waals surface area (Å²) in [5.41, 5.74) is 0.669. The van der Waals surface area contributed by atoms with Crippen molar-refractivity contribution in [2.24, 2.45) is 0 Å². The Labute approximate surface area is 105 Å². The zero-order valence-corrected chi connectivity index (χ0v) is 9.92. The minimum absolute atomic E-state index is 0.286. The molecule has 90 valence electrons. The lowest BCUT2D eigenvalue weighted by Gasteiger charge is -2.06. The molecule has 0 spiro atoms. The Kier molecular flexibility index (Phi) is 3.53. The van der Waals surface area contributed by atoms with Crippen LogP contribution in [-0.4, -0.2) is 18.7 Å². The summed E-state index contributed by atoms with van der Waals surface area (Å²) >= 11 is 0. The molecule has 0 fully saturated rings. The molecule has 0 aliphatic carbocycles. The van der Waals surface area contributed by atoms with Crippen LogP contribution >= 0.6 is 0 Å². The van der Waals surface area contributed by atoms with Crippen LogP contribution < -0.4 is 4.74 Å². The van der Waals surface area contributed by atoms with E-state index in [1.807, 2.05) is 0 Å². The SMILES string of the molecule is COc1ccccc1C(=O)C(=O)c1ccccc1. The molecule has 3 nitrogen and oxygen atoms in total. The average molecular weight is 240 g/mol. The van der Waals surface area contributed by atoms with Crippen LogP contribution in [0.2, 0.25) is 0 Å². The topological polar surface area (TPSA) is 43.4 Å². The zero-order valence-electron chi connectivity index (χ0n) is 9.92. The molecule has 0 bridgehead atoms. The molecule has 0 saturated heterocycles. The molecule has 0 saturated carbocycles. The van der Waals surface area contributed by atoms with Gasteiger partial charge in [-0.25, -0.2) is 0 Å². The van der Waals surface area contributed by atoms with E-state index in [9.17, 15) is 9.59 Å². The summed E-state index contributed by atoms with van der Waals surface area (Å²) in [6.07, 6.45) is 0. The first-order valence-corrected chi connectivity index (χ1v) is 5.51. The molecule has 3 heteroatoms. The fourth-order valence-electron chi connectivity index (χ4n) is 1.68. The lowest BCUT2D eigenvalue weighted by atomic mass is 10.0. The Morgan fingerprint density at radius 3 is 2.11 bits per heavy atom. The number of para-hydroxylation sites is 1. The standard InChI is InChI=1S/C15H12O3/c1-18-13-10-6-5-9-12(13)15(17)14(16)11-7-3-2-4-8-11/h2-10H,1H3. The van der Waals surface area contributed by atoms with E-state index in [1.54, 1.807) is 54.6 Å². The number of carbonyl (C=O) groups is 2. The van der Waals surface area contributed by atoms with Crippen molar-refractivity contribution in [3.63, 3.8) is 0 Å². The van der Waals surface area contributed by atoms with E-state index >= 15 is 0 Å². The number of hydrogen-bond donors (Lipinski definition) is 0. The molecule has 0 N–H and O–H groups in total. The first-order valence-electron chi connectivity index (χ1n) is 5.51. The third kappa shape index (κ3) is 2.30. The second kappa shape index (κ2) is 5.27. The average Bonchev–Trinajstić information content (AvgIpc) is 2.46. The number of ketones is 2. The monoisotopic (exact) mass is 240 g/mol. The second-order valence-corrected chi connectivity index (χ2v) is 3.72. The van der Waals surface area contributed by atoms with Gasteiger partial charge in [0.25, 0.3) is 0 Å². The molecule has 0 atom stereocenters. The van der Waals surface area contributed by atoms with Gasteiger partial charge in [-0.1, -0.05) is 42.5 Å². The summed E-state index contributed by atoms with van der Waals surface area (Å²) < 4.78 is 5.08. The van der Waals surface area contributed by atoms with Crippen molar-refractivity contribution >= 4 is 11.6 Å². The molecule has 2 aromatic carbocycles. The zero-order chi connectivity index (χ0) is 13.0. The van der Waals surface area contributed by atoms with Gasteiger partial charge in [0.1, 0.15) is 5.75 Å². The number of hydrogen-bond acceptors (Lipinski definition) is 3. The summed E-state index contributed by atoms with van der Waals surface area (Å²) in [6, 6.07) is 15.2. The van der Waals surface area contributed by atoms with Crippen molar-refractivity contribution in [3.05, 3.63) is 65.7 Å². The Hall–Kier alpha value is -2.42. The summed E-state index contributed by atoms with van der Waals surface area (Å²) in [4.78, 5) is 24.1. The van der Waals surface area contributed by atoms with E-state index in [-0.39, 0.29) is 5.56 Å². The minimum Gasteiger partial charge on any atom is -0.496 e. The third-order valence-electron chi connectivity index (χ3n) is 2.59. The van der Waals surface area contributed by atoms with Crippen LogP contribution in [0.25, 0.3) is 0 Å². The van der Waals surface area contributed by atoms with Crippen molar-refractivity contribution in [1.82, 2.24) is 0 Å². The first kappa shape index (κ1) is 12.0. The quantitative estimate of drug-likeness (QED) is 0.609. The van der Waals surface area contributed by atoms with Gasteiger partial charge < -0.3 is 4.74 Å². The molecule has 0 amide bonds. The molecular weight excluding hydrogens is 228 g/mol. The molecule has 0 unspecified atom stereocenters. The fourth-order valence-corrected chi connectivity index (χ4v) is 1.68. The molecule has 0 aliphatic rings. The molecule has 2 aromatic rings. The van der Waals surface area contributed by atoms with E-state index in [4.69, 9.17) is 4.74 Å². The first-order chi connectivity index (χ1) is 8.74. The van der Waals surface area contributed by atoms with E-state index in [2.05, 4.69) is 0 Å². The van der Waals surface area contributed by atoms with E-state index < -0.39 is 11.6 Å². The van der Waals surface area contributed by atoms with Crippen molar-refractivity contribution < 1.29 is 14.3 Å². The lowest BCUT2D eigenvalue weighted by Crippen LogP contribution is -2.15. The van der Waals surface area contributed by atoms with E-state index in [0.717, 1.165) is 0 Å². The summed E-state index contributed by atoms with van der Waals surface area (Å²) in [5, 5.41) is 0. The molecule has 0 heterocycles. The lowest BCUT2D eigenvalue weighted by molar-refractivity contribution is 0.0815. The van der Waals surface area contributed by atoms with Crippen molar-refractivity contribution in [3.8, 4) is 5.75 Å².